The number of aromatic nitrogens is 1. The average Bonchev–Trinajstić information content (AvgIpc) is 2.76. The number of aryl methyl sites for hydroxylation is 1. The first kappa shape index (κ1) is 14.3. The molecule has 0 spiro atoms. The summed E-state index contributed by atoms with van der Waals surface area (Å²) in [7, 11) is 0. The van der Waals surface area contributed by atoms with Gasteiger partial charge in [-0.1, -0.05) is 6.07 Å². The lowest BCUT2D eigenvalue weighted by atomic mass is 10.0. The maximum Gasteiger partial charge on any atom is 0.161 e. The van der Waals surface area contributed by atoms with Gasteiger partial charge in [0.25, 0.3) is 0 Å². The van der Waals surface area contributed by atoms with Crippen molar-refractivity contribution in [3.05, 3.63) is 39.8 Å². The van der Waals surface area contributed by atoms with E-state index < -0.39 is 0 Å². The standard InChI is InChI=1S/C15H19N3O2S/c1-10-17-12(9-21-10)8-13(18-16)11-3-4-14-15(7-11)20-6-2-5-19-14/h3-4,7,9,13,18H,2,5-6,8,16H2,1H3. The third kappa shape index (κ3) is 3.34. The summed E-state index contributed by atoms with van der Waals surface area (Å²) < 4.78 is 11.4. The SMILES string of the molecule is Cc1nc(CC(NN)c2ccc3c(c2)OCCCO3)cs1. The fraction of sp³-hybridized carbons (Fsp3) is 0.400. The topological polar surface area (TPSA) is 69.4 Å². The van der Waals surface area contributed by atoms with Crippen LogP contribution in [0, 0.1) is 6.92 Å². The van der Waals surface area contributed by atoms with Crippen molar-refractivity contribution in [2.24, 2.45) is 5.84 Å². The third-order valence-electron chi connectivity index (χ3n) is 3.45. The van der Waals surface area contributed by atoms with Crippen LogP contribution in [0.2, 0.25) is 0 Å². The van der Waals surface area contributed by atoms with Gasteiger partial charge in [-0.3, -0.25) is 11.3 Å². The summed E-state index contributed by atoms with van der Waals surface area (Å²) in [6.07, 6.45) is 1.65. The van der Waals surface area contributed by atoms with Crippen molar-refractivity contribution in [2.45, 2.75) is 25.8 Å². The van der Waals surface area contributed by atoms with Crippen LogP contribution in [0.3, 0.4) is 0 Å². The molecule has 1 atom stereocenters. The van der Waals surface area contributed by atoms with Gasteiger partial charge in [-0.05, 0) is 24.6 Å². The Hall–Kier alpha value is -1.63. The predicted molar refractivity (Wildman–Crippen MR) is 82.7 cm³/mol. The fourth-order valence-corrected chi connectivity index (χ4v) is 3.01. The van der Waals surface area contributed by atoms with Gasteiger partial charge >= 0.3 is 0 Å². The van der Waals surface area contributed by atoms with Gasteiger partial charge in [0.05, 0.1) is 30.0 Å². The molecule has 2 aromatic rings. The largest absolute Gasteiger partial charge is 0.490 e. The molecule has 2 heterocycles. The highest BCUT2D eigenvalue weighted by atomic mass is 32.1. The van der Waals surface area contributed by atoms with Gasteiger partial charge in [-0.15, -0.1) is 11.3 Å². The molecule has 0 fully saturated rings. The number of nitrogens with two attached hydrogens (primary N) is 1. The van der Waals surface area contributed by atoms with Crippen molar-refractivity contribution >= 4 is 11.3 Å². The van der Waals surface area contributed by atoms with Crippen LogP contribution >= 0.6 is 11.3 Å². The molecule has 0 amide bonds. The van der Waals surface area contributed by atoms with Gasteiger partial charge in [0.2, 0.25) is 0 Å². The molecule has 0 saturated carbocycles. The highest BCUT2D eigenvalue weighted by molar-refractivity contribution is 7.09. The first-order valence-electron chi connectivity index (χ1n) is 7.03. The van der Waals surface area contributed by atoms with Gasteiger partial charge in [-0.2, -0.15) is 0 Å². The molecule has 1 aliphatic heterocycles. The normalized spacial score (nSPS) is 15.5. The van der Waals surface area contributed by atoms with Crippen LogP contribution in [0.25, 0.3) is 0 Å². The second kappa shape index (κ2) is 6.43. The summed E-state index contributed by atoms with van der Waals surface area (Å²) >= 11 is 1.65. The number of nitrogens with one attached hydrogen (secondary N) is 1. The first-order valence-corrected chi connectivity index (χ1v) is 7.91. The van der Waals surface area contributed by atoms with E-state index in [4.69, 9.17) is 15.3 Å². The minimum absolute atomic E-state index is 0.00338. The van der Waals surface area contributed by atoms with Crippen molar-refractivity contribution in [2.75, 3.05) is 13.2 Å². The maximum atomic E-state index is 5.73. The lowest BCUT2D eigenvalue weighted by Crippen LogP contribution is -2.29. The van der Waals surface area contributed by atoms with E-state index in [9.17, 15) is 0 Å². The van der Waals surface area contributed by atoms with E-state index in [1.807, 2.05) is 25.1 Å². The Balaban J connectivity index is 1.81. The Bertz CT molecular complexity index is 615. The Morgan fingerprint density at radius 1 is 1.33 bits per heavy atom. The number of nitrogens with zero attached hydrogens (tertiary/aromatic N) is 1. The number of thiazole rings is 1. The number of fused-ring (bicyclic) bond motifs is 1. The number of ether oxygens (including phenoxy) is 2. The molecule has 1 aliphatic rings. The Kier molecular flexibility index (Phi) is 4.38. The van der Waals surface area contributed by atoms with Crippen molar-refractivity contribution in [1.29, 1.82) is 0 Å². The zero-order chi connectivity index (χ0) is 14.7. The van der Waals surface area contributed by atoms with E-state index in [0.29, 0.717) is 13.2 Å². The molecule has 21 heavy (non-hydrogen) atoms. The van der Waals surface area contributed by atoms with Crippen LogP contribution in [0.4, 0.5) is 0 Å². The number of benzene rings is 1. The quantitative estimate of drug-likeness (QED) is 0.670. The van der Waals surface area contributed by atoms with E-state index in [1.54, 1.807) is 11.3 Å². The lowest BCUT2D eigenvalue weighted by Gasteiger charge is -2.17. The summed E-state index contributed by atoms with van der Waals surface area (Å²) in [4.78, 5) is 4.49. The molecule has 0 radical (unpaired) electrons. The fourth-order valence-electron chi connectivity index (χ4n) is 2.38. The van der Waals surface area contributed by atoms with Crippen molar-refractivity contribution in [3.63, 3.8) is 0 Å². The second-order valence-corrected chi connectivity index (χ2v) is 6.10. The number of hydrazine groups is 1. The van der Waals surface area contributed by atoms with Gasteiger partial charge < -0.3 is 9.47 Å². The van der Waals surface area contributed by atoms with Crippen molar-refractivity contribution in [1.82, 2.24) is 10.4 Å². The summed E-state index contributed by atoms with van der Waals surface area (Å²) in [6, 6.07) is 5.98. The Labute approximate surface area is 128 Å². The minimum atomic E-state index is 0.00338. The highest BCUT2D eigenvalue weighted by Crippen LogP contribution is 2.33. The Morgan fingerprint density at radius 3 is 2.86 bits per heavy atom. The number of hydrogen-bond acceptors (Lipinski definition) is 6. The monoisotopic (exact) mass is 305 g/mol. The van der Waals surface area contributed by atoms with E-state index in [1.165, 1.54) is 0 Å². The van der Waals surface area contributed by atoms with Gasteiger partial charge in [0.1, 0.15) is 0 Å². The number of hydrogen-bond donors (Lipinski definition) is 2. The zero-order valence-electron chi connectivity index (χ0n) is 12.0. The van der Waals surface area contributed by atoms with Crippen LogP contribution in [-0.2, 0) is 6.42 Å². The van der Waals surface area contributed by atoms with Crippen LogP contribution < -0.4 is 20.7 Å². The summed E-state index contributed by atoms with van der Waals surface area (Å²) in [5.74, 6) is 7.31. The maximum absolute atomic E-state index is 5.73. The predicted octanol–water partition coefficient (Wildman–Crippen LogP) is 2.36. The third-order valence-corrected chi connectivity index (χ3v) is 4.28. The zero-order valence-corrected chi connectivity index (χ0v) is 12.8. The van der Waals surface area contributed by atoms with Gasteiger partial charge in [-0.25, -0.2) is 4.98 Å². The van der Waals surface area contributed by atoms with Gasteiger partial charge in [0.15, 0.2) is 11.5 Å². The molecule has 0 bridgehead atoms. The first-order chi connectivity index (χ1) is 10.3. The molecule has 0 aliphatic carbocycles. The van der Waals surface area contributed by atoms with Crippen LogP contribution in [0.15, 0.2) is 23.6 Å². The molecule has 5 nitrogen and oxygen atoms in total. The van der Waals surface area contributed by atoms with Gasteiger partial charge in [0, 0.05) is 18.2 Å². The molecular formula is C15H19N3O2S. The van der Waals surface area contributed by atoms with E-state index in [-0.39, 0.29) is 6.04 Å². The summed E-state index contributed by atoms with van der Waals surface area (Å²) in [5, 5.41) is 3.14. The van der Waals surface area contributed by atoms with Crippen LogP contribution in [0.5, 0.6) is 11.5 Å². The molecule has 3 rings (SSSR count). The van der Waals surface area contributed by atoms with Crippen LogP contribution in [0.1, 0.15) is 28.7 Å². The molecule has 3 N–H and O–H groups in total. The second-order valence-electron chi connectivity index (χ2n) is 5.04. The number of rotatable bonds is 4. The molecule has 0 saturated heterocycles. The highest BCUT2D eigenvalue weighted by Gasteiger charge is 2.17. The van der Waals surface area contributed by atoms with E-state index in [2.05, 4.69) is 15.8 Å². The molecular weight excluding hydrogens is 286 g/mol. The smallest absolute Gasteiger partial charge is 0.161 e. The average molecular weight is 305 g/mol. The van der Waals surface area contributed by atoms with E-state index in [0.717, 1.165) is 40.6 Å². The molecule has 1 aromatic carbocycles. The molecule has 112 valence electrons. The molecule has 1 aromatic heterocycles. The summed E-state index contributed by atoms with van der Waals surface area (Å²) in [5.41, 5.74) is 4.99. The molecule has 1 unspecified atom stereocenters. The van der Waals surface area contributed by atoms with Crippen molar-refractivity contribution in [3.8, 4) is 11.5 Å². The van der Waals surface area contributed by atoms with E-state index >= 15 is 0 Å². The van der Waals surface area contributed by atoms with Crippen LogP contribution in [-0.4, -0.2) is 18.2 Å². The molecule has 6 heteroatoms. The minimum Gasteiger partial charge on any atom is -0.490 e. The Morgan fingerprint density at radius 2 is 2.14 bits per heavy atom. The summed E-state index contributed by atoms with van der Waals surface area (Å²) in [6.45, 7) is 3.39. The lowest BCUT2D eigenvalue weighted by molar-refractivity contribution is 0.297. The van der Waals surface area contributed by atoms with Crippen molar-refractivity contribution < 1.29 is 9.47 Å².